The maximum absolute atomic E-state index is 13.1. The molecule has 0 aliphatic heterocycles. The van der Waals surface area contributed by atoms with E-state index in [1.165, 1.54) is 0 Å². The minimum atomic E-state index is -1.18. The van der Waals surface area contributed by atoms with E-state index in [1.54, 1.807) is 43.0 Å². The number of nitrogens with one attached hydrogen (secondary N) is 1. The van der Waals surface area contributed by atoms with Crippen LogP contribution in [0.4, 0.5) is 5.69 Å². The molecule has 0 heterocycles. The van der Waals surface area contributed by atoms with Crippen molar-refractivity contribution in [2.45, 2.75) is 47.3 Å². The molecule has 2 amide bonds. The lowest BCUT2D eigenvalue weighted by Crippen LogP contribution is -2.47. The molecule has 0 aromatic heterocycles. The van der Waals surface area contributed by atoms with Gasteiger partial charge in [0.15, 0.2) is 0 Å². The monoisotopic (exact) mass is 382 g/mol. The van der Waals surface area contributed by atoms with E-state index in [1.807, 2.05) is 51.1 Å². The molecule has 0 saturated heterocycles. The van der Waals surface area contributed by atoms with Crippen LogP contribution in [0.25, 0.3) is 0 Å². The van der Waals surface area contributed by atoms with Gasteiger partial charge in [0.25, 0.3) is 0 Å². The van der Waals surface area contributed by atoms with Crippen molar-refractivity contribution >= 4 is 17.5 Å². The van der Waals surface area contributed by atoms with Crippen LogP contribution in [0.3, 0.4) is 0 Å². The van der Waals surface area contributed by atoms with Gasteiger partial charge in [-0.25, -0.2) is 0 Å². The van der Waals surface area contributed by atoms with Crippen LogP contribution in [0.5, 0.6) is 5.75 Å². The lowest BCUT2D eigenvalue weighted by molar-refractivity contribution is -0.146. The average Bonchev–Trinajstić information content (AvgIpc) is 2.67. The summed E-state index contributed by atoms with van der Waals surface area (Å²) in [5.41, 5.74) is 0.487. The Morgan fingerprint density at radius 2 is 1.64 bits per heavy atom. The number of hydrogen-bond donors (Lipinski definition) is 1. The van der Waals surface area contributed by atoms with Gasteiger partial charge in [-0.2, -0.15) is 0 Å². The first-order chi connectivity index (χ1) is 13.2. The van der Waals surface area contributed by atoms with Crippen LogP contribution >= 0.6 is 0 Å². The van der Waals surface area contributed by atoms with E-state index in [9.17, 15) is 9.59 Å². The Bertz CT molecular complexity index is 783. The zero-order valence-corrected chi connectivity index (χ0v) is 17.4. The number of hydrogen-bond acceptors (Lipinski definition) is 3. The lowest BCUT2D eigenvalue weighted by atomic mass is 9.90. The molecule has 2 aromatic carbocycles. The second-order valence-corrected chi connectivity index (χ2v) is 7.58. The summed E-state index contributed by atoms with van der Waals surface area (Å²) in [7, 11) is 0. The Kier molecular flexibility index (Phi) is 7.21. The molecule has 28 heavy (non-hydrogen) atoms. The van der Waals surface area contributed by atoms with Crippen molar-refractivity contribution < 1.29 is 14.3 Å². The van der Waals surface area contributed by atoms with Crippen LogP contribution in [0.2, 0.25) is 0 Å². The fraction of sp³-hybridized carbons (Fsp3) is 0.391. The van der Waals surface area contributed by atoms with E-state index in [0.29, 0.717) is 18.8 Å². The lowest BCUT2D eigenvalue weighted by Gasteiger charge is -2.30. The molecular formula is C23H30N2O3. The van der Waals surface area contributed by atoms with E-state index < -0.39 is 5.41 Å². The van der Waals surface area contributed by atoms with Gasteiger partial charge in [-0.15, -0.1) is 0 Å². The van der Waals surface area contributed by atoms with E-state index in [2.05, 4.69) is 5.32 Å². The summed E-state index contributed by atoms with van der Waals surface area (Å²) in [6.07, 6.45) is 0.0848. The van der Waals surface area contributed by atoms with Crippen LogP contribution in [0.15, 0.2) is 54.6 Å². The summed E-state index contributed by atoms with van der Waals surface area (Å²) in [5.74, 6) is 0.209. The molecule has 5 heteroatoms. The van der Waals surface area contributed by atoms with Crippen LogP contribution < -0.4 is 10.1 Å². The Labute approximate surface area is 167 Å². The van der Waals surface area contributed by atoms with Gasteiger partial charge in [0.1, 0.15) is 11.2 Å². The fourth-order valence-corrected chi connectivity index (χ4v) is 2.80. The Balaban J connectivity index is 2.06. The smallest absolute Gasteiger partial charge is 0.239 e. The second kappa shape index (κ2) is 9.40. The van der Waals surface area contributed by atoms with Crippen molar-refractivity contribution in [1.29, 1.82) is 0 Å². The number of nitrogens with zero attached hydrogens (tertiary/aromatic N) is 1. The Morgan fingerprint density at radius 1 is 1.04 bits per heavy atom. The van der Waals surface area contributed by atoms with Gasteiger partial charge in [0.2, 0.25) is 11.8 Å². The SMILES string of the molecule is CCN(Cc1ccccc1)C(=O)C(C)(C)C(=O)Nc1ccc(OC(C)C)cc1. The van der Waals surface area contributed by atoms with E-state index >= 15 is 0 Å². The maximum atomic E-state index is 13.1. The molecular weight excluding hydrogens is 352 g/mol. The highest BCUT2D eigenvalue weighted by molar-refractivity contribution is 6.09. The van der Waals surface area contributed by atoms with Crippen molar-refractivity contribution in [3.63, 3.8) is 0 Å². The van der Waals surface area contributed by atoms with Gasteiger partial charge < -0.3 is 15.0 Å². The van der Waals surface area contributed by atoms with Crippen molar-refractivity contribution in [2.24, 2.45) is 5.41 Å². The summed E-state index contributed by atoms with van der Waals surface area (Å²) in [4.78, 5) is 27.6. The van der Waals surface area contributed by atoms with Gasteiger partial charge >= 0.3 is 0 Å². The molecule has 2 rings (SSSR count). The molecule has 0 spiro atoms. The second-order valence-electron chi connectivity index (χ2n) is 7.58. The van der Waals surface area contributed by atoms with Crippen molar-refractivity contribution in [2.75, 3.05) is 11.9 Å². The third-order valence-corrected chi connectivity index (χ3v) is 4.47. The van der Waals surface area contributed by atoms with Gasteiger partial charge in [-0.3, -0.25) is 9.59 Å². The normalized spacial score (nSPS) is 11.2. The summed E-state index contributed by atoms with van der Waals surface area (Å²) in [5, 5.41) is 2.84. The van der Waals surface area contributed by atoms with E-state index in [-0.39, 0.29) is 17.9 Å². The first-order valence-corrected chi connectivity index (χ1v) is 9.65. The number of benzene rings is 2. The van der Waals surface area contributed by atoms with Gasteiger partial charge in [0, 0.05) is 18.8 Å². The van der Waals surface area contributed by atoms with Crippen molar-refractivity contribution in [3.8, 4) is 5.75 Å². The zero-order valence-electron chi connectivity index (χ0n) is 17.4. The number of rotatable bonds is 8. The molecule has 0 saturated carbocycles. The van der Waals surface area contributed by atoms with E-state index in [0.717, 1.165) is 11.3 Å². The van der Waals surface area contributed by atoms with Gasteiger partial charge in [0.05, 0.1) is 6.10 Å². The first kappa shape index (κ1) is 21.5. The van der Waals surface area contributed by atoms with Crippen LogP contribution in [-0.2, 0) is 16.1 Å². The molecule has 0 bridgehead atoms. The van der Waals surface area contributed by atoms with Crippen molar-refractivity contribution in [1.82, 2.24) is 4.90 Å². The standard InChI is InChI=1S/C23H30N2O3/c1-6-25(16-18-10-8-7-9-11-18)22(27)23(4,5)21(26)24-19-12-14-20(15-13-19)28-17(2)3/h7-15,17H,6,16H2,1-5H3,(H,24,26). The molecule has 0 radical (unpaired) electrons. The summed E-state index contributed by atoms with van der Waals surface area (Å²) in [6, 6.07) is 16.9. The first-order valence-electron chi connectivity index (χ1n) is 9.65. The topological polar surface area (TPSA) is 58.6 Å². The molecule has 5 nitrogen and oxygen atoms in total. The average molecular weight is 383 g/mol. The minimum absolute atomic E-state index is 0.0848. The summed E-state index contributed by atoms with van der Waals surface area (Å²) >= 11 is 0. The van der Waals surface area contributed by atoms with E-state index in [4.69, 9.17) is 4.74 Å². The highest BCUT2D eigenvalue weighted by Crippen LogP contribution is 2.24. The van der Waals surface area contributed by atoms with Gasteiger partial charge in [-0.1, -0.05) is 30.3 Å². The predicted molar refractivity (Wildman–Crippen MR) is 112 cm³/mol. The largest absolute Gasteiger partial charge is 0.491 e. The Morgan fingerprint density at radius 3 is 2.18 bits per heavy atom. The molecule has 2 aromatic rings. The molecule has 0 aliphatic rings. The number of ether oxygens (including phenoxy) is 1. The molecule has 0 aliphatic carbocycles. The summed E-state index contributed by atoms with van der Waals surface area (Å²) < 4.78 is 5.61. The molecule has 0 fully saturated rings. The third kappa shape index (κ3) is 5.59. The number of amides is 2. The Hall–Kier alpha value is -2.82. The molecule has 0 unspecified atom stereocenters. The zero-order chi connectivity index (χ0) is 20.7. The number of carbonyl (C=O) groups is 2. The predicted octanol–water partition coefficient (Wildman–Crippen LogP) is 4.49. The molecule has 1 N–H and O–H groups in total. The van der Waals surface area contributed by atoms with Crippen molar-refractivity contribution in [3.05, 3.63) is 60.2 Å². The maximum Gasteiger partial charge on any atom is 0.239 e. The van der Waals surface area contributed by atoms with Crippen LogP contribution in [0, 0.1) is 5.41 Å². The van der Waals surface area contributed by atoms with Gasteiger partial charge in [-0.05, 0) is 64.4 Å². The molecule has 0 atom stereocenters. The summed E-state index contributed by atoms with van der Waals surface area (Å²) in [6.45, 7) is 10.2. The number of carbonyl (C=O) groups excluding carboxylic acids is 2. The highest BCUT2D eigenvalue weighted by Gasteiger charge is 2.38. The molecule has 150 valence electrons. The number of anilines is 1. The minimum Gasteiger partial charge on any atom is -0.491 e. The quantitative estimate of drug-likeness (QED) is 0.685. The fourth-order valence-electron chi connectivity index (χ4n) is 2.80. The highest BCUT2D eigenvalue weighted by atomic mass is 16.5. The van der Waals surface area contributed by atoms with Crippen LogP contribution in [-0.4, -0.2) is 29.4 Å². The third-order valence-electron chi connectivity index (χ3n) is 4.47. The van der Waals surface area contributed by atoms with Crippen LogP contribution in [0.1, 0.15) is 40.2 Å².